The van der Waals surface area contributed by atoms with Crippen LogP contribution in [0, 0.1) is 17.5 Å². The average molecular weight is 416 g/mol. The van der Waals surface area contributed by atoms with Gasteiger partial charge in [0.15, 0.2) is 17.5 Å². The Kier molecular flexibility index (Phi) is 5.22. The van der Waals surface area contributed by atoms with Gasteiger partial charge in [-0.05, 0) is 40.9 Å². The largest absolute Gasteiger partial charge is 0.458 e. The lowest BCUT2D eigenvalue weighted by Gasteiger charge is -2.32. The third-order valence-electron chi connectivity index (χ3n) is 3.80. The van der Waals surface area contributed by atoms with Gasteiger partial charge in [0.25, 0.3) is 5.91 Å². The molecule has 3 rings (SSSR count). The van der Waals surface area contributed by atoms with Crippen LogP contribution in [0.25, 0.3) is 0 Å². The lowest BCUT2D eigenvalue weighted by molar-refractivity contribution is 0.0510. The Morgan fingerprint density at radius 3 is 2.64 bits per heavy atom. The summed E-state index contributed by atoms with van der Waals surface area (Å²) >= 11 is 3.22. The first-order valence-electron chi connectivity index (χ1n) is 7.52. The van der Waals surface area contributed by atoms with Gasteiger partial charge < -0.3 is 9.64 Å². The highest BCUT2D eigenvalue weighted by Crippen LogP contribution is 2.21. The second-order valence-corrected chi connectivity index (χ2v) is 6.46. The number of hydrogen-bond donors (Lipinski definition) is 0. The number of piperidine rings is 1. The molecule has 0 saturated carbocycles. The van der Waals surface area contributed by atoms with E-state index in [-0.39, 0.29) is 18.7 Å². The zero-order valence-electron chi connectivity index (χ0n) is 12.9. The number of ether oxygens (including phenoxy) is 1. The number of carbonyl (C=O) groups is 1. The molecule has 1 fully saturated rings. The fourth-order valence-electron chi connectivity index (χ4n) is 2.59. The van der Waals surface area contributed by atoms with Crippen molar-refractivity contribution in [3.8, 4) is 6.01 Å². The Morgan fingerprint density at radius 1 is 1.20 bits per heavy atom. The van der Waals surface area contributed by atoms with E-state index in [4.69, 9.17) is 4.74 Å². The topological polar surface area (TPSA) is 55.3 Å². The molecule has 0 radical (unpaired) electrons. The molecule has 2 heterocycles. The lowest BCUT2D eigenvalue weighted by Crippen LogP contribution is -2.44. The normalized spacial score (nSPS) is 17.4. The van der Waals surface area contributed by atoms with E-state index in [9.17, 15) is 18.0 Å². The summed E-state index contributed by atoms with van der Waals surface area (Å²) in [6.07, 6.45) is 3.99. The molecular formula is C16H13BrF3N3O2. The highest BCUT2D eigenvalue weighted by Gasteiger charge is 2.29. The van der Waals surface area contributed by atoms with E-state index in [0.717, 1.165) is 12.1 Å². The van der Waals surface area contributed by atoms with Crippen molar-refractivity contribution >= 4 is 21.8 Å². The summed E-state index contributed by atoms with van der Waals surface area (Å²) in [5.74, 6) is -5.18. The maximum Gasteiger partial charge on any atom is 0.316 e. The summed E-state index contributed by atoms with van der Waals surface area (Å²) in [6, 6.07) is 1.85. The first kappa shape index (κ1) is 17.7. The van der Waals surface area contributed by atoms with Crippen molar-refractivity contribution in [2.45, 2.75) is 18.9 Å². The van der Waals surface area contributed by atoms with Gasteiger partial charge in [0.05, 0.1) is 16.6 Å². The van der Waals surface area contributed by atoms with Gasteiger partial charge in [-0.2, -0.15) is 0 Å². The van der Waals surface area contributed by atoms with Crippen molar-refractivity contribution in [1.82, 2.24) is 14.9 Å². The summed E-state index contributed by atoms with van der Waals surface area (Å²) < 4.78 is 46.5. The number of aromatic nitrogens is 2. The predicted molar refractivity (Wildman–Crippen MR) is 85.6 cm³/mol. The minimum Gasteiger partial charge on any atom is -0.458 e. The number of nitrogens with zero attached hydrogens (tertiary/aromatic N) is 3. The molecule has 0 bridgehead atoms. The maximum absolute atomic E-state index is 13.8. The SMILES string of the molecule is O=C(c1ccc(F)c(F)c1F)N1CCCC(Oc2ncc(Br)cn2)C1. The first-order valence-corrected chi connectivity index (χ1v) is 8.32. The number of amides is 1. The Labute approximate surface area is 150 Å². The van der Waals surface area contributed by atoms with E-state index in [1.54, 1.807) is 0 Å². The Bertz CT molecular complexity index is 789. The Balaban J connectivity index is 1.71. The van der Waals surface area contributed by atoms with Crippen LogP contribution in [-0.4, -0.2) is 40.0 Å². The molecule has 1 atom stereocenters. The standard InChI is InChI=1S/C16H13BrF3N3O2/c17-9-6-21-16(22-7-9)25-10-2-1-5-23(8-10)15(24)11-3-4-12(18)14(20)13(11)19/h3-4,6-7,10H,1-2,5,8H2. The second kappa shape index (κ2) is 7.38. The molecule has 0 N–H and O–H groups in total. The van der Waals surface area contributed by atoms with E-state index in [2.05, 4.69) is 25.9 Å². The van der Waals surface area contributed by atoms with Crippen LogP contribution in [0.4, 0.5) is 13.2 Å². The van der Waals surface area contributed by atoms with Gasteiger partial charge in [-0.3, -0.25) is 4.79 Å². The molecule has 2 aromatic rings. The predicted octanol–water partition coefficient (Wildman–Crippen LogP) is 3.34. The minimum absolute atomic E-state index is 0.168. The van der Waals surface area contributed by atoms with E-state index in [1.807, 2.05) is 0 Å². The van der Waals surface area contributed by atoms with Crippen molar-refractivity contribution in [3.63, 3.8) is 0 Å². The van der Waals surface area contributed by atoms with Crippen molar-refractivity contribution in [3.05, 3.63) is 52.0 Å². The van der Waals surface area contributed by atoms with Crippen LogP contribution in [-0.2, 0) is 0 Å². The van der Waals surface area contributed by atoms with Gasteiger partial charge >= 0.3 is 6.01 Å². The van der Waals surface area contributed by atoms with E-state index in [1.165, 1.54) is 17.3 Å². The highest BCUT2D eigenvalue weighted by molar-refractivity contribution is 9.10. The molecular weight excluding hydrogens is 403 g/mol. The molecule has 0 aliphatic carbocycles. The van der Waals surface area contributed by atoms with Crippen LogP contribution in [0.1, 0.15) is 23.2 Å². The molecule has 25 heavy (non-hydrogen) atoms. The summed E-state index contributed by atoms with van der Waals surface area (Å²) in [5.41, 5.74) is -0.501. The number of likely N-dealkylation sites (tertiary alicyclic amines) is 1. The van der Waals surface area contributed by atoms with Gasteiger partial charge in [0, 0.05) is 18.9 Å². The summed E-state index contributed by atoms with van der Waals surface area (Å²) in [6.45, 7) is 0.551. The van der Waals surface area contributed by atoms with Crippen LogP contribution in [0.3, 0.4) is 0 Å². The summed E-state index contributed by atoms with van der Waals surface area (Å²) in [5, 5.41) is 0. The smallest absolute Gasteiger partial charge is 0.316 e. The van der Waals surface area contributed by atoms with Crippen molar-refractivity contribution in [2.24, 2.45) is 0 Å². The number of hydrogen-bond acceptors (Lipinski definition) is 4. The van der Waals surface area contributed by atoms with Crippen molar-refractivity contribution < 1.29 is 22.7 Å². The van der Waals surface area contributed by atoms with Crippen molar-refractivity contribution in [2.75, 3.05) is 13.1 Å². The first-order chi connectivity index (χ1) is 12.0. The number of benzene rings is 1. The van der Waals surface area contributed by atoms with Gasteiger partial charge in [-0.25, -0.2) is 23.1 Å². The third kappa shape index (κ3) is 3.92. The lowest BCUT2D eigenvalue weighted by atomic mass is 10.1. The summed E-state index contributed by atoms with van der Waals surface area (Å²) in [7, 11) is 0. The molecule has 0 spiro atoms. The van der Waals surface area contributed by atoms with Crippen LogP contribution < -0.4 is 4.74 Å². The Morgan fingerprint density at radius 2 is 1.92 bits per heavy atom. The molecule has 1 aliphatic heterocycles. The number of halogens is 4. The van der Waals surface area contributed by atoms with Crippen LogP contribution >= 0.6 is 15.9 Å². The average Bonchev–Trinajstić information content (AvgIpc) is 2.61. The Hall–Kier alpha value is -2.16. The van der Waals surface area contributed by atoms with E-state index < -0.39 is 28.9 Å². The fourth-order valence-corrected chi connectivity index (χ4v) is 2.80. The van der Waals surface area contributed by atoms with E-state index in [0.29, 0.717) is 23.9 Å². The monoisotopic (exact) mass is 415 g/mol. The molecule has 1 aromatic heterocycles. The zero-order chi connectivity index (χ0) is 18.0. The fraction of sp³-hybridized carbons (Fsp3) is 0.312. The van der Waals surface area contributed by atoms with Crippen LogP contribution in [0.15, 0.2) is 29.0 Å². The van der Waals surface area contributed by atoms with Crippen molar-refractivity contribution in [1.29, 1.82) is 0 Å². The molecule has 1 aromatic carbocycles. The van der Waals surface area contributed by atoms with Crippen LogP contribution in [0.2, 0.25) is 0 Å². The maximum atomic E-state index is 13.8. The van der Waals surface area contributed by atoms with Crippen LogP contribution in [0.5, 0.6) is 6.01 Å². The van der Waals surface area contributed by atoms with Gasteiger partial charge in [-0.1, -0.05) is 0 Å². The minimum atomic E-state index is -1.65. The zero-order valence-corrected chi connectivity index (χ0v) is 14.5. The summed E-state index contributed by atoms with van der Waals surface area (Å²) in [4.78, 5) is 21.8. The second-order valence-electron chi connectivity index (χ2n) is 5.54. The number of rotatable bonds is 3. The number of carbonyl (C=O) groups excluding carboxylic acids is 1. The molecule has 5 nitrogen and oxygen atoms in total. The molecule has 132 valence electrons. The quantitative estimate of drug-likeness (QED) is 0.721. The molecule has 1 saturated heterocycles. The van der Waals surface area contributed by atoms with Gasteiger partial charge in [0.2, 0.25) is 0 Å². The third-order valence-corrected chi connectivity index (χ3v) is 4.21. The highest BCUT2D eigenvalue weighted by atomic mass is 79.9. The molecule has 1 aliphatic rings. The van der Waals surface area contributed by atoms with E-state index >= 15 is 0 Å². The molecule has 9 heteroatoms. The van der Waals surface area contributed by atoms with Gasteiger partial charge in [-0.15, -0.1) is 0 Å². The van der Waals surface area contributed by atoms with Gasteiger partial charge in [0.1, 0.15) is 6.10 Å². The molecule has 1 amide bonds. The molecule has 1 unspecified atom stereocenters.